The zero-order chi connectivity index (χ0) is 11.9. The van der Waals surface area contributed by atoms with Gasteiger partial charge in [0.1, 0.15) is 5.82 Å². The fourth-order valence-electron chi connectivity index (χ4n) is 2.10. The Hall–Kier alpha value is -1.09. The van der Waals surface area contributed by atoms with Crippen molar-refractivity contribution in [1.82, 2.24) is 0 Å². The van der Waals surface area contributed by atoms with E-state index in [4.69, 9.17) is 16.7 Å². The van der Waals surface area contributed by atoms with Crippen molar-refractivity contribution in [2.45, 2.75) is 31.6 Å². The summed E-state index contributed by atoms with van der Waals surface area (Å²) in [4.78, 5) is 10.8. The number of hydrogen-bond acceptors (Lipinski definition) is 1. The van der Waals surface area contributed by atoms with Gasteiger partial charge in [0.25, 0.3) is 0 Å². The number of rotatable bonds is 3. The molecule has 1 aliphatic rings. The summed E-state index contributed by atoms with van der Waals surface area (Å²) < 4.78 is 13.7. The van der Waals surface area contributed by atoms with Crippen LogP contribution in [0.5, 0.6) is 0 Å². The minimum absolute atomic E-state index is 0.0485. The molecule has 0 bridgehead atoms. The molecule has 0 aromatic heterocycles. The van der Waals surface area contributed by atoms with Crippen molar-refractivity contribution in [2.24, 2.45) is 0 Å². The largest absolute Gasteiger partial charge is 0.481 e. The summed E-state index contributed by atoms with van der Waals surface area (Å²) >= 11 is 6.07. The predicted octanol–water partition coefficient (Wildman–Crippen LogP) is 3.29. The number of carbonyl (C=O) groups is 1. The van der Waals surface area contributed by atoms with E-state index in [2.05, 4.69) is 0 Å². The Labute approximate surface area is 98.0 Å². The number of hydrogen-bond donors (Lipinski definition) is 1. The lowest BCUT2D eigenvalue weighted by Crippen LogP contribution is -2.15. The fraction of sp³-hybridized carbons (Fsp3) is 0.417. The molecule has 4 heteroatoms. The van der Waals surface area contributed by atoms with Crippen molar-refractivity contribution >= 4 is 17.6 Å². The van der Waals surface area contributed by atoms with E-state index in [-0.39, 0.29) is 6.42 Å². The maximum absolute atomic E-state index is 13.7. The topological polar surface area (TPSA) is 37.3 Å². The Bertz CT molecular complexity index is 453. The van der Waals surface area contributed by atoms with Gasteiger partial charge in [0.15, 0.2) is 0 Å². The molecule has 0 heterocycles. The highest BCUT2D eigenvalue weighted by atomic mass is 35.5. The number of halogens is 2. The highest BCUT2D eigenvalue weighted by molar-refractivity contribution is 6.32. The van der Waals surface area contributed by atoms with Gasteiger partial charge in [0, 0.05) is 11.0 Å². The molecule has 0 spiro atoms. The molecular formula is C12H12ClFO2. The molecule has 0 amide bonds. The molecular weight excluding hydrogens is 231 g/mol. The van der Waals surface area contributed by atoms with Crippen LogP contribution in [0.25, 0.3) is 0 Å². The van der Waals surface area contributed by atoms with Crippen LogP contribution < -0.4 is 0 Å². The maximum Gasteiger partial charge on any atom is 0.304 e. The summed E-state index contributed by atoms with van der Waals surface area (Å²) in [7, 11) is 0. The molecule has 1 aromatic rings. The first kappa shape index (κ1) is 11.4. The van der Waals surface area contributed by atoms with Crippen LogP contribution >= 0.6 is 11.6 Å². The number of aliphatic carboxylic acids is 1. The summed E-state index contributed by atoms with van der Waals surface area (Å²) in [5.41, 5.74) is 0.602. The number of carboxylic acids is 1. The van der Waals surface area contributed by atoms with E-state index in [1.54, 1.807) is 13.0 Å². The third-order valence-electron chi connectivity index (χ3n) is 3.16. The van der Waals surface area contributed by atoms with Crippen LogP contribution in [-0.4, -0.2) is 11.1 Å². The zero-order valence-electron chi connectivity index (χ0n) is 8.89. The summed E-state index contributed by atoms with van der Waals surface area (Å²) in [6.45, 7) is 1.79. The van der Waals surface area contributed by atoms with Crippen LogP contribution in [-0.2, 0) is 10.2 Å². The van der Waals surface area contributed by atoms with Crippen molar-refractivity contribution in [3.8, 4) is 0 Å². The molecule has 1 aromatic carbocycles. The highest BCUT2D eigenvalue weighted by Crippen LogP contribution is 2.54. The van der Waals surface area contributed by atoms with E-state index in [1.807, 2.05) is 0 Å². The lowest BCUT2D eigenvalue weighted by molar-refractivity contribution is -0.137. The van der Waals surface area contributed by atoms with Crippen molar-refractivity contribution in [3.63, 3.8) is 0 Å². The second-order valence-electron chi connectivity index (χ2n) is 4.40. The number of benzene rings is 1. The average molecular weight is 243 g/mol. The van der Waals surface area contributed by atoms with Gasteiger partial charge in [-0.1, -0.05) is 17.7 Å². The third kappa shape index (κ3) is 1.80. The molecule has 0 atom stereocenters. The second kappa shape index (κ2) is 3.74. The van der Waals surface area contributed by atoms with Gasteiger partial charge in [-0.2, -0.15) is 0 Å². The zero-order valence-corrected chi connectivity index (χ0v) is 9.64. The van der Waals surface area contributed by atoms with Gasteiger partial charge in [-0.25, -0.2) is 4.39 Å². The van der Waals surface area contributed by atoms with Crippen LogP contribution in [0.15, 0.2) is 12.1 Å². The molecule has 86 valence electrons. The summed E-state index contributed by atoms with van der Waals surface area (Å²) in [5, 5.41) is 9.21. The van der Waals surface area contributed by atoms with Crippen LogP contribution in [0.4, 0.5) is 4.39 Å². The normalized spacial score (nSPS) is 17.2. The number of carboxylic acid groups (broad SMARTS) is 1. The SMILES string of the molecule is Cc1ccc(F)c(C2(CC(=O)O)CC2)c1Cl. The van der Waals surface area contributed by atoms with Crippen LogP contribution in [0.2, 0.25) is 5.02 Å². The quantitative estimate of drug-likeness (QED) is 0.883. The first-order valence-corrected chi connectivity index (χ1v) is 5.51. The molecule has 0 unspecified atom stereocenters. The van der Waals surface area contributed by atoms with Crippen molar-refractivity contribution in [3.05, 3.63) is 34.1 Å². The van der Waals surface area contributed by atoms with Crippen LogP contribution in [0.1, 0.15) is 30.4 Å². The molecule has 1 aliphatic carbocycles. The van der Waals surface area contributed by atoms with Crippen molar-refractivity contribution in [2.75, 3.05) is 0 Å². The highest BCUT2D eigenvalue weighted by Gasteiger charge is 2.49. The second-order valence-corrected chi connectivity index (χ2v) is 4.78. The van der Waals surface area contributed by atoms with E-state index in [0.717, 1.165) is 5.56 Å². The van der Waals surface area contributed by atoms with Gasteiger partial charge >= 0.3 is 5.97 Å². The van der Waals surface area contributed by atoms with E-state index < -0.39 is 17.2 Å². The smallest absolute Gasteiger partial charge is 0.304 e. The van der Waals surface area contributed by atoms with E-state index in [9.17, 15) is 9.18 Å². The van der Waals surface area contributed by atoms with Gasteiger partial charge in [-0.3, -0.25) is 4.79 Å². The number of aryl methyl sites for hydroxylation is 1. The minimum Gasteiger partial charge on any atom is -0.481 e. The van der Waals surface area contributed by atoms with Crippen LogP contribution in [0.3, 0.4) is 0 Å². The van der Waals surface area contributed by atoms with Gasteiger partial charge in [0.05, 0.1) is 11.4 Å². The van der Waals surface area contributed by atoms with Crippen molar-refractivity contribution in [1.29, 1.82) is 0 Å². The van der Waals surface area contributed by atoms with Gasteiger partial charge < -0.3 is 5.11 Å². The average Bonchev–Trinajstić information content (AvgIpc) is 2.92. The molecule has 1 saturated carbocycles. The Morgan fingerprint density at radius 1 is 1.56 bits per heavy atom. The summed E-state index contributed by atoms with van der Waals surface area (Å²) in [6.07, 6.45) is 1.34. The summed E-state index contributed by atoms with van der Waals surface area (Å²) in [6, 6.07) is 2.97. The molecule has 0 saturated heterocycles. The molecule has 16 heavy (non-hydrogen) atoms. The Balaban J connectivity index is 2.48. The van der Waals surface area contributed by atoms with Gasteiger partial charge in [0.2, 0.25) is 0 Å². The lowest BCUT2D eigenvalue weighted by atomic mass is 9.90. The van der Waals surface area contributed by atoms with E-state index in [0.29, 0.717) is 23.4 Å². The molecule has 1 N–H and O–H groups in total. The molecule has 1 fully saturated rings. The monoisotopic (exact) mass is 242 g/mol. The first-order chi connectivity index (χ1) is 7.46. The molecule has 0 aliphatic heterocycles. The third-order valence-corrected chi connectivity index (χ3v) is 3.64. The van der Waals surface area contributed by atoms with E-state index in [1.165, 1.54) is 6.07 Å². The van der Waals surface area contributed by atoms with Crippen LogP contribution in [0, 0.1) is 12.7 Å². The van der Waals surface area contributed by atoms with E-state index >= 15 is 0 Å². The summed E-state index contributed by atoms with van der Waals surface area (Å²) in [5.74, 6) is -1.30. The Morgan fingerprint density at radius 3 is 2.69 bits per heavy atom. The Morgan fingerprint density at radius 2 is 2.19 bits per heavy atom. The lowest BCUT2D eigenvalue weighted by Gasteiger charge is -2.17. The van der Waals surface area contributed by atoms with Gasteiger partial charge in [-0.15, -0.1) is 0 Å². The predicted molar refractivity (Wildman–Crippen MR) is 59.3 cm³/mol. The first-order valence-electron chi connectivity index (χ1n) is 5.13. The minimum atomic E-state index is -0.908. The standard InChI is InChI=1S/C12H12ClFO2/c1-7-2-3-8(14)10(11(7)13)12(4-5-12)6-9(15)16/h2-3H,4-6H2,1H3,(H,15,16). The molecule has 2 nitrogen and oxygen atoms in total. The molecule has 2 rings (SSSR count). The van der Waals surface area contributed by atoms with Crippen molar-refractivity contribution < 1.29 is 14.3 Å². The van der Waals surface area contributed by atoms with Gasteiger partial charge in [-0.05, 0) is 31.4 Å². The molecule has 0 radical (unpaired) electrons. The Kier molecular flexibility index (Phi) is 2.66. The fourth-order valence-corrected chi connectivity index (χ4v) is 2.45. The maximum atomic E-state index is 13.7.